The standard InChI is InChI=1S/C16H16N2O2S/c1-19-12-5-3-11(4-6-12)10-18-15-8-7-13(20-2)9-14(15)17-16(18)21/h3-9H,10H2,1-2H3,(H,17,21). The third-order valence-corrected chi connectivity index (χ3v) is 3.80. The highest BCUT2D eigenvalue weighted by Crippen LogP contribution is 2.22. The Hall–Kier alpha value is -2.27. The molecule has 0 fully saturated rings. The molecule has 21 heavy (non-hydrogen) atoms. The van der Waals surface area contributed by atoms with E-state index in [0.29, 0.717) is 4.77 Å². The Bertz CT molecular complexity index is 818. The van der Waals surface area contributed by atoms with E-state index in [9.17, 15) is 0 Å². The van der Waals surface area contributed by atoms with Gasteiger partial charge in [0.2, 0.25) is 0 Å². The van der Waals surface area contributed by atoms with E-state index in [0.717, 1.165) is 29.1 Å². The minimum absolute atomic E-state index is 0.703. The van der Waals surface area contributed by atoms with Crippen LogP contribution in [0, 0.1) is 4.77 Å². The number of aromatic amines is 1. The number of nitrogens with one attached hydrogen (secondary N) is 1. The van der Waals surface area contributed by atoms with E-state index in [-0.39, 0.29) is 0 Å². The fraction of sp³-hybridized carbons (Fsp3) is 0.188. The van der Waals surface area contributed by atoms with Gasteiger partial charge in [-0.05, 0) is 42.0 Å². The lowest BCUT2D eigenvalue weighted by Crippen LogP contribution is -1.99. The molecule has 0 aliphatic carbocycles. The van der Waals surface area contributed by atoms with Crippen LogP contribution in [0.25, 0.3) is 11.0 Å². The second-order valence-electron chi connectivity index (χ2n) is 4.75. The number of aromatic nitrogens is 2. The van der Waals surface area contributed by atoms with Crippen LogP contribution in [0.1, 0.15) is 5.56 Å². The quantitative estimate of drug-likeness (QED) is 0.746. The SMILES string of the molecule is COc1ccc(Cn2c(=S)[nH]c3cc(OC)ccc32)cc1. The van der Waals surface area contributed by atoms with E-state index >= 15 is 0 Å². The molecule has 0 saturated carbocycles. The van der Waals surface area contributed by atoms with E-state index in [2.05, 4.69) is 9.55 Å². The van der Waals surface area contributed by atoms with Crippen molar-refractivity contribution in [2.75, 3.05) is 14.2 Å². The van der Waals surface area contributed by atoms with Crippen LogP contribution >= 0.6 is 12.2 Å². The van der Waals surface area contributed by atoms with E-state index in [1.165, 1.54) is 5.56 Å². The van der Waals surface area contributed by atoms with Gasteiger partial charge in [-0.2, -0.15) is 0 Å². The zero-order valence-corrected chi connectivity index (χ0v) is 12.7. The van der Waals surface area contributed by atoms with Gasteiger partial charge in [-0.25, -0.2) is 0 Å². The van der Waals surface area contributed by atoms with Gasteiger partial charge in [0.25, 0.3) is 0 Å². The Balaban J connectivity index is 1.99. The molecule has 0 radical (unpaired) electrons. The van der Waals surface area contributed by atoms with E-state index in [1.807, 2.05) is 42.5 Å². The normalized spacial score (nSPS) is 10.8. The summed E-state index contributed by atoms with van der Waals surface area (Å²) in [4.78, 5) is 3.22. The molecule has 1 aromatic heterocycles. The van der Waals surface area contributed by atoms with Gasteiger partial charge >= 0.3 is 0 Å². The third kappa shape index (κ3) is 2.64. The van der Waals surface area contributed by atoms with Gasteiger partial charge in [0.15, 0.2) is 4.77 Å². The molecule has 3 aromatic rings. The number of rotatable bonds is 4. The number of ether oxygens (including phenoxy) is 2. The first-order chi connectivity index (χ1) is 10.2. The molecule has 4 nitrogen and oxygen atoms in total. The van der Waals surface area contributed by atoms with Crippen LogP contribution in [0.15, 0.2) is 42.5 Å². The average molecular weight is 300 g/mol. The van der Waals surface area contributed by atoms with Crippen LogP contribution in [-0.4, -0.2) is 23.8 Å². The molecule has 0 saturated heterocycles. The molecule has 0 bridgehead atoms. The monoisotopic (exact) mass is 300 g/mol. The van der Waals surface area contributed by atoms with Crippen molar-refractivity contribution >= 4 is 23.3 Å². The first-order valence-corrected chi connectivity index (χ1v) is 7.01. The average Bonchev–Trinajstić information content (AvgIpc) is 2.83. The number of fused-ring (bicyclic) bond motifs is 1. The fourth-order valence-corrected chi connectivity index (χ4v) is 2.61. The van der Waals surface area contributed by atoms with Crippen molar-refractivity contribution in [1.82, 2.24) is 9.55 Å². The predicted octanol–water partition coefficient (Wildman–Crippen LogP) is 3.76. The largest absolute Gasteiger partial charge is 0.497 e. The number of H-pyrrole nitrogens is 1. The number of benzene rings is 2. The molecule has 1 N–H and O–H groups in total. The fourth-order valence-electron chi connectivity index (χ4n) is 2.34. The summed E-state index contributed by atoms with van der Waals surface area (Å²) in [5.74, 6) is 1.67. The van der Waals surface area contributed by atoms with Crippen molar-refractivity contribution in [3.05, 3.63) is 52.8 Å². The molecule has 3 rings (SSSR count). The highest BCUT2D eigenvalue weighted by atomic mass is 32.1. The molecule has 0 amide bonds. The van der Waals surface area contributed by atoms with Crippen LogP contribution in [0.3, 0.4) is 0 Å². The summed E-state index contributed by atoms with van der Waals surface area (Å²) in [7, 11) is 3.32. The summed E-state index contributed by atoms with van der Waals surface area (Å²) >= 11 is 5.42. The number of hydrogen-bond acceptors (Lipinski definition) is 3. The van der Waals surface area contributed by atoms with Gasteiger partial charge in [-0.3, -0.25) is 0 Å². The lowest BCUT2D eigenvalue weighted by atomic mass is 10.2. The zero-order valence-electron chi connectivity index (χ0n) is 11.9. The van der Waals surface area contributed by atoms with Crippen molar-refractivity contribution in [2.45, 2.75) is 6.54 Å². The third-order valence-electron chi connectivity index (χ3n) is 3.48. The van der Waals surface area contributed by atoms with Crippen molar-refractivity contribution < 1.29 is 9.47 Å². The summed E-state index contributed by atoms with van der Waals surface area (Å²) in [5, 5.41) is 0. The van der Waals surface area contributed by atoms with Gasteiger partial charge in [0.05, 0.1) is 31.8 Å². The second-order valence-corrected chi connectivity index (χ2v) is 5.13. The Labute approximate surface area is 127 Å². The van der Waals surface area contributed by atoms with Crippen molar-refractivity contribution in [1.29, 1.82) is 0 Å². The van der Waals surface area contributed by atoms with E-state index < -0.39 is 0 Å². The van der Waals surface area contributed by atoms with Crippen molar-refractivity contribution in [3.63, 3.8) is 0 Å². The minimum atomic E-state index is 0.703. The molecular formula is C16H16N2O2S. The second kappa shape index (κ2) is 5.61. The summed E-state index contributed by atoms with van der Waals surface area (Å²) < 4.78 is 13.2. The topological polar surface area (TPSA) is 39.2 Å². The van der Waals surface area contributed by atoms with Gasteiger partial charge < -0.3 is 19.0 Å². The molecule has 0 unspecified atom stereocenters. The van der Waals surface area contributed by atoms with Gasteiger partial charge in [-0.15, -0.1) is 0 Å². The smallest absolute Gasteiger partial charge is 0.178 e. The van der Waals surface area contributed by atoms with Gasteiger partial charge in [0.1, 0.15) is 11.5 Å². The highest BCUT2D eigenvalue weighted by molar-refractivity contribution is 7.71. The number of imidazole rings is 1. The minimum Gasteiger partial charge on any atom is -0.497 e. The Morgan fingerprint density at radius 1 is 1.00 bits per heavy atom. The van der Waals surface area contributed by atoms with Crippen LogP contribution in [0.4, 0.5) is 0 Å². The molecule has 108 valence electrons. The molecule has 1 heterocycles. The maximum atomic E-state index is 5.42. The van der Waals surface area contributed by atoms with Gasteiger partial charge in [0, 0.05) is 6.07 Å². The summed E-state index contributed by atoms with van der Waals surface area (Å²) in [6.45, 7) is 0.717. The van der Waals surface area contributed by atoms with Crippen LogP contribution < -0.4 is 9.47 Å². The van der Waals surface area contributed by atoms with Gasteiger partial charge in [-0.1, -0.05) is 12.1 Å². The van der Waals surface area contributed by atoms with Crippen LogP contribution in [0.5, 0.6) is 11.5 Å². The van der Waals surface area contributed by atoms with Crippen molar-refractivity contribution in [2.24, 2.45) is 0 Å². The lowest BCUT2D eigenvalue weighted by molar-refractivity contribution is 0.414. The molecule has 0 atom stereocenters. The van der Waals surface area contributed by atoms with Crippen LogP contribution in [0.2, 0.25) is 0 Å². The van der Waals surface area contributed by atoms with Crippen molar-refractivity contribution in [3.8, 4) is 11.5 Å². The highest BCUT2D eigenvalue weighted by Gasteiger charge is 2.06. The zero-order chi connectivity index (χ0) is 14.8. The first kappa shape index (κ1) is 13.7. The number of methoxy groups -OCH3 is 2. The molecular weight excluding hydrogens is 284 g/mol. The van der Waals surface area contributed by atoms with E-state index in [1.54, 1.807) is 14.2 Å². The Morgan fingerprint density at radius 3 is 2.33 bits per heavy atom. The molecule has 0 spiro atoms. The Morgan fingerprint density at radius 2 is 1.67 bits per heavy atom. The number of nitrogens with zero attached hydrogens (tertiary/aromatic N) is 1. The summed E-state index contributed by atoms with van der Waals surface area (Å²) in [5.41, 5.74) is 3.22. The molecule has 5 heteroatoms. The Kier molecular flexibility index (Phi) is 3.66. The summed E-state index contributed by atoms with van der Waals surface area (Å²) in [6, 6.07) is 13.9. The lowest BCUT2D eigenvalue weighted by Gasteiger charge is -2.06. The predicted molar refractivity (Wildman–Crippen MR) is 85.8 cm³/mol. The maximum absolute atomic E-state index is 5.42. The molecule has 0 aliphatic heterocycles. The molecule has 0 aliphatic rings. The number of hydrogen-bond donors (Lipinski definition) is 1. The molecule has 2 aromatic carbocycles. The summed E-state index contributed by atoms with van der Waals surface area (Å²) in [6.07, 6.45) is 0. The maximum Gasteiger partial charge on any atom is 0.178 e. The van der Waals surface area contributed by atoms with Crippen LogP contribution in [-0.2, 0) is 6.54 Å². The first-order valence-electron chi connectivity index (χ1n) is 6.61. The van der Waals surface area contributed by atoms with E-state index in [4.69, 9.17) is 21.7 Å².